The highest BCUT2D eigenvalue weighted by Gasteiger charge is 2.02. The molecule has 0 rings (SSSR count). The van der Waals surface area contributed by atoms with Gasteiger partial charge in [-0.1, -0.05) is 23.9 Å². The van der Waals surface area contributed by atoms with Crippen molar-refractivity contribution in [3.63, 3.8) is 0 Å². The van der Waals surface area contributed by atoms with Gasteiger partial charge in [0.2, 0.25) is 0 Å². The maximum Gasteiger partial charge on any atom is 0.165 e. The van der Waals surface area contributed by atoms with E-state index in [1.165, 1.54) is 0 Å². The first-order valence-electron chi connectivity index (χ1n) is 3.99. The average molecular weight is 180 g/mol. The lowest BCUT2D eigenvalue weighted by Crippen LogP contribution is -2.14. The summed E-state index contributed by atoms with van der Waals surface area (Å²) < 4.78 is 0. The van der Waals surface area contributed by atoms with Crippen LogP contribution in [0.15, 0.2) is 40.6 Å². The smallest absolute Gasteiger partial charge is 0.165 e. The van der Waals surface area contributed by atoms with E-state index in [1.54, 1.807) is 6.08 Å². The lowest BCUT2D eigenvalue weighted by molar-refractivity contribution is 0.318. The lowest BCUT2D eigenvalue weighted by atomic mass is 10.0. The minimum atomic E-state index is 0.148. The number of hydrogen-bond donors (Lipinski definition) is 2. The first-order chi connectivity index (χ1) is 6.04. The monoisotopic (exact) mass is 180 g/mol. The second kappa shape index (κ2) is 5.19. The fraction of sp³-hybridized carbons (Fsp3) is 0.300. The van der Waals surface area contributed by atoms with Crippen molar-refractivity contribution in [3.05, 3.63) is 35.5 Å². The van der Waals surface area contributed by atoms with Crippen molar-refractivity contribution in [2.24, 2.45) is 10.9 Å². The van der Waals surface area contributed by atoms with Crippen molar-refractivity contribution >= 4 is 5.84 Å². The van der Waals surface area contributed by atoms with E-state index in [0.717, 1.165) is 16.7 Å². The highest BCUT2D eigenvalue weighted by molar-refractivity contribution is 5.97. The van der Waals surface area contributed by atoms with E-state index >= 15 is 0 Å². The fourth-order valence-corrected chi connectivity index (χ4v) is 0.865. The largest absolute Gasteiger partial charge is 0.409 e. The highest BCUT2D eigenvalue weighted by Crippen LogP contribution is 2.13. The van der Waals surface area contributed by atoms with Crippen LogP contribution in [0.4, 0.5) is 0 Å². The Balaban J connectivity index is 5.03. The number of hydrogen-bond acceptors (Lipinski definition) is 2. The zero-order valence-corrected chi connectivity index (χ0v) is 8.33. The van der Waals surface area contributed by atoms with Gasteiger partial charge >= 0.3 is 0 Å². The Kier molecular flexibility index (Phi) is 4.59. The molecule has 0 atom stereocenters. The van der Waals surface area contributed by atoms with Crippen molar-refractivity contribution in [1.82, 2.24) is 0 Å². The van der Waals surface area contributed by atoms with Gasteiger partial charge in [0.05, 0.1) is 0 Å². The molecule has 0 aromatic heterocycles. The predicted octanol–water partition coefficient (Wildman–Crippen LogP) is 2.20. The topological polar surface area (TPSA) is 58.6 Å². The maximum absolute atomic E-state index is 8.45. The van der Waals surface area contributed by atoms with E-state index in [1.807, 2.05) is 26.8 Å². The number of rotatable bonds is 3. The second-order valence-corrected chi connectivity index (χ2v) is 2.82. The summed E-state index contributed by atoms with van der Waals surface area (Å²) in [4.78, 5) is 0. The summed E-state index contributed by atoms with van der Waals surface area (Å²) in [7, 11) is 0. The van der Waals surface area contributed by atoms with Gasteiger partial charge in [0.15, 0.2) is 5.84 Å². The standard InChI is InChI=1S/C10H16N2O/c1-5-6-7(2)8(3)9(4)10(11)12-13/h5-6,13H,1H2,2-4H3,(H2,11,12)/b7-6-,9-8+. The van der Waals surface area contributed by atoms with E-state index in [2.05, 4.69) is 11.7 Å². The summed E-state index contributed by atoms with van der Waals surface area (Å²) in [6.07, 6.45) is 3.59. The SMILES string of the molecule is C=C\C=C(C)/C(C)=C(C)/C(N)=N/O. The summed E-state index contributed by atoms with van der Waals surface area (Å²) in [5.41, 5.74) is 8.27. The molecule has 3 heteroatoms. The van der Waals surface area contributed by atoms with Crippen LogP contribution in [0, 0.1) is 0 Å². The molecule has 0 saturated carbocycles. The van der Waals surface area contributed by atoms with Gasteiger partial charge in [0, 0.05) is 0 Å². The molecule has 0 fully saturated rings. The molecule has 0 aliphatic rings. The van der Waals surface area contributed by atoms with Crippen LogP contribution in [-0.2, 0) is 0 Å². The summed E-state index contributed by atoms with van der Waals surface area (Å²) >= 11 is 0. The first-order valence-corrected chi connectivity index (χ1v) is 3.99. The number of nitrogens with zero attached hydrogens (tertiary/aromatic N) is 1. The van der Waals surface area contributed by atoms with Crippen LogP contribution in [0.1, 0.15) is 20.8 Å². The van der Waals surface area contributed by atoms with E-state index < -0.39 is 0 Å². The fourth-order valence-electron chi connectivity index (χ4n) is 0.865. The molecule has 0 heterocycles. The Labute approximate surface area is 78.9 Å². The van der Waals surface area contributed by atoms with Gasteiger partial charge in [-0.3, -0.25) is 0 Å². The molecule has 0 spiro atoms. The molecule has 0 bridgehead atoms. The van der Waals surface area contributed by atoms with Crippen LogP contribution in [0.25, 0.3) is 0 Å². The van der Waals surface area contributed by atoms with E-state index in [9.17, 15) is 0 Å². The van der Waals surface area contributed by atoms with E-state index in [0.29, 0.717) is 0 Å². The zero-order valence-electron chi connectivity index (χ0n) is 8.33. The number of amidine groups is 1. The molecule has 0 saturated heterocycles. The van der Waals surface area contributed by atoms with Crippen molar-refractivity contribution < 1.29 is 5.21 Å². The highest BCUT2D eigenvalue weighted by atomic mass is 16.4. The predicted molar refractivity (Wildman–Crippen MR) is 55.7 cm³/mol. The Morgan fingerprint density at radius 1 is 1.31 bits per heavy atom. The van der Waals surface area contributed by atoms with Crippen LogP contribution in [-0.4, -0.2) is 11.0 Å². The number of nitrogens with two attached hydrogens (primary N) is 1. The molecule has 3 N–H and O–H groups in total. The molecule has 3 nitrogen and oxygen atoms in total. The van der Waals surface area contributed by atoms with Crippen molar-refractivity contribution in [2.45, 2.75) is 20.8 Å². The molecular weight excluding hydrogens is 164 g/mol. The second-order valence-electron chi connectivity index (χ2n) is 2.82. The zero-order chi connectivity index (χ0) is 10.4. The molecular formula is C10H16N2O. The van der Waals surface area contributed by atoms with Gasteiger partial charge in [0.25, 0.3) is 0 Å². The molecule has 0 aliphatic carbocycles. The molecule has 0 unspecified atom stereocenters. The maximum atomic E-state index is 8.45. The van der Waals surface area contributed by atoms with Crippen LogP contribution in [0.5, 0.6) is 0 Å². The molecule has 0 amide bonds. The summed E-state index contributed by atoms with van der Waals surface area (Å²) in [6.45, 7) is 9.28. The Morgan fingerprint density at radius 2 is 1.85 bits per heavy atom. The quantitative estimate of drug-likeness (QED) is 0.230. The molecule has 0 aliphatic heterocycles. The van der Waals surface area contributed by atoms with Gasteiger partial charge in [-0.15, -0.1) is 0 Å². The van der Waals surface area contributed by atoms with Gasteiger partial charge in [-0.2, -0.15) is 0 Å². The molecule has 72 valence electrons. The lowest BCUT2D eigenvalue weighted by Gasteiger charge is -2.05. The Morgan fingerprint density at radius 3 is 2.23 bits per heavy atom. The van der Waals surface area contributed by atoms with Gasteiger partial charge in [-0.05, 0) is 37.5 Å². The molecule has 0 aromatic rings. The number of allylic oxidation sites excluding steroid dienone is 4. The third-order valence-corrected chi connectivity index (χ3v) is 2.01. The van der Waals surface area contributed by atoms with Crippen LogP contribution < -0.4 is 5.73 Å². The summed E-state index contributed by atoms with van der Waals surface area (Å²) in [5.74, 6) is 0.148. The summed E-state index contributed by atoms with van der Waals surface area (Å²) in [5, 5.41) is 11.4. The third-order valence-electron chi connectivity index (χ3n) is 2.01. The van der Waals surface area contributed by atoms with Crippen LogP contribution in [0.2, 0.25) is 0 Å². The Bertz CT molecular complexity index is 285. The Hall–Kier alpha value is -1.51. The van der Waals surface area contributed by atoms with Gasteiger partial charge < -0.3 is 10.9 Å². The summed E-state index contributed by atoms with van der Waals surface area (Å²) in [6, 6.07) is 0. The molecule has 0 aromatic carbocycles. The van der Waals surface area contributed by atoms with Crippen molar-refractivity contribution in [3.8, 4) is 0 Å². The number of oxime groups is 1. The van der Waals surface area contributed by atoms with Crippen LogP contribution >= 0.6 is 0 Å². The third kappa shape index (κ3) is 3.15. The van der Waals surface area contributed by atoms with E-state index in [4.69, 9.17) is 10.9 Å². The average Bonchev–Trinajstić information content (AvgIpc) is 2.14. The van der Waals surface area contributed by atoms with Crippen LogP contribution in [0.3, 0.4) is 0 Å². The minimum absolute atomic E-state index is 0.148. The first kappa shape index (κ1) is 11.5. The molecule has 13 heavy (non-hydrogen) atoms. The van der Waals surface area contributed by atoms with Crippen molar-refractivity contribution in [1.29, 1.82) is 0 Å². The van der Waals surface area contributed by atoms with Gasteiger partial charge in [-0.25, -0.2) is 0 Å². The molecule has 0 radical (unpaired) electrons. The normalized spacial score (nSPS) is 15.3. The van der Waals surface area contributed by atoms with Crippen molar-refractivity contribution in [2.75, 3.05) is 0 Å². The van der Waals surface area contributed by atoms with Gasteiger partial charge in [0.1, 0.15) is 0 Å². The van der Waals surface area contributed by atoms with E-state index in [-0.39, 0.29) is 5.84 Å². The minimum Gasteiger partial charge on any atom is -0.409 e.